The molecule has 7 aromatic carbocycles. The number of hydrogen-bond donors (Lipinski definition) is 0. The summed E-state index contributed by atoms with van der Waals surface area (Å²) in [4.78, 5) is 0. The van der Waals surface area contributed by atoms with Crippen LogP contribution in [0.2, 0.25) is 0 Å². The van der Waals surface area contributed by atoms with Gasteiger partial charge in [0.25, 0.3) is 0 Å². The minimum atomic E-state index is 0.146. The van der Waals surface area contributed by atoms with Crippen molar-refractivity contribution in [2.75, 3.05) is 0 Å². The van der Waals surface area contributed by atoms with E-state index in [1.165, 1.54) is 84.4 Å². The summed E-state index contributed by atoms with van der Waals surface area (Å²) in [5, 5.41) is 7.31. The highest BCUT2D eigenvalue weighted by Crippen LogP contribution is 2.47. The number of para-hydroxylation sites is 3. The van der Waals surface area contributed by atoms with Crippen LogP contribution >= 0.6 is 0 Å². The van der Waals surface area contributed by atoms with E-state index >= 15 is 0 Å². The summed E-state index contributed by atoms with van der Waals surface area (Å²) in [5.74, 6) is 0. The number of aromatic nitrogens is 2. The molecule has 0 spiro atoms. The van der Waals surface area contributed by atoms with E-state index in [9.17, 15) is 0 Å². The Kier molecular flexibility index (Phi) is 6.19. The van der Waals surface area contributed by atoms with Crippen molar-refractivity contribution in [1.82, 2.24) is 9.13 Å². The van der Waals surface area contributed by atoms with Gasteiger partial charge in [0.2, 0.25) is 0 Å². The molecule has 0 unspecified atom stereocenters. The molecule has 0 bridgehead atoms. The predicted octanol–water partition coefficient (Wildman–Crippen LogP) is 13.8. The first-order chi connectivity index (χ1) is 25.8. The highest BCUT2D eigenvalue weighted by atomic mass is 16.3. The zero-order chi connectivity index (χ0) is 35.6. The van der Waals surface area contributed by atoms with Crippen molar-refractivity contribution in [3.05, 3.63) is 157 Å². The molecule has 0 N–H and O–H groups in total. The maximum atomic E-state index is 6.31. The van der Waals surface area contributed by atoms with Gasteiger partial charge in [-0.15, -0.1) is 0 Å². The Morgan fingerprint density at radius 2 is 0.981 bits per heavy atom. The normalized spacial score (nSPS) is 15.3. The lowest BCUT2D eigenvalue weighted by Gasteiger charge is -2.42. The Labute approximate surface area is 308 Å². The minimum Gasteiger partial charge on any atom is -0.456 e. The monoisotopic (exact) mass is 684 g/mol. The molecule has 0 radical (unpaired) electrons. The second kappa shape index (κ2) is 10.7. The Hall–Kier alpha value is -6.06. The van der Waals surface area contributed by atoms with E-state index in [0.29, 0.717) is 0 Å². The number of nitrogens with zero attached hydrogens (tertiary/aromatic N) is 2. The quantitative estimate of drug-likeness (QED) is 0.182. The molecule has 0 aliphatic heterocycles. The number of hydrogen-bond acceptors (Lipinski definition) is 1. The Morgan fingerprint density at radius 3 is 1.68 bits per heavy atom. The lowest BCUT2D eigenvalue weighted by Crippen LogP contribution is -2.33. The first-order valence-electron chi connectivity index (χ1n) is 18.9. The summed E-state index contributed by atoms with van der Waals surface area (Å²) in [7, 11) is 0. The first kappa shape index (κ1) is 30.6. The summed E-state index contributed by atoms with van der Waals surface area (Å²) < 4.78 is 11.2. The van der Waals surface area contributed by atoms with Crippen LogP contribution in [-0.4, -0.2) is 9.13 Å². The Bertz CT molecular complexity index is 3130. The standard InChI is InChI=1S/C50H40N2O/c1-49(2)26-27-50(3,4)40-30-33(22-23-39(40)49)51-41-15-8-5-12-34(41)37-28-31(20-24-43(37)51)32-21-25-44-38(29-32)35-13-6-9-16-42(35)52(44)45-17-11-19-47-48(45)36-14-7-10-18-46(36)53-47/h5-25,28-30H,26-27H2,1-4H3. The van der Waals surface area contributed by atoms with Gasteiger partial charge in [0.1, 0.15) is 11.2 Å². The van der Waals surface area contributed by atoms with Crippen LogP contribution in [0, 0.1) is 0 Å². The molecule has 3 heterocycles. The highest BCUT2D eigenvalue weighted by Gasteiger charge is 2.37. The van der Waals surface area contributed by atoms with Gasteiger partial charge in [0.05, 0.1) is 33.1 Å². The van der Waals surface area contributed by atoms with Crippen LogP contribution in [0.3, 0.4) is 0 Å². The van der Waals surface area contributed by atoms with Crippen molar-refractivity contribution in [2.24, 2.45) is 0 Å². The van der Waals surface area contributed by atoms with Crippen LogP contribution < -0.4 is 0 Å². The molecule has 11 rings (SSSR count). The predicted molar refractivity (Wildman–Crippen MR) is 223 cm³/mol. The van der Waals surface area contributed by atoms with E-state index < -0.39 is 0 Å². The highest BCUT2D eigenvalue weighted by molar-refractivity contribution is 6.15. The van der Waals surface area contributed by atoms with Crippen LogP contribution in [0.4, 0.5) is 0 Å². The van der Waals surface area contributed by atoms with E-state index in [1.807, 2.05) is 6.07 Å². The van der Waals surface area contributed by atoms with Crippen molar-refractivity contribution >= 4 is 65.6 Å². The van der Waals surface area contributed by atoms with E-state index in [1.54, 1.807) is 0 Å². The molecule has 3 nitrogen and oxygen atoms in total. The zero-order valence-corrected chi connectivity index (χ0v) is 30.6. The number of benzene rings is 7. The molecule has 0 fully saturated rings. The second-order valence-electron chi connectivity index (χ2n) is 16.4. The molecule has 10 aromatic rings. The van der Waals surface area contributed by atoms with E-state index in [0.717, 1.165) is 27.6 Å². The lowest BCUT2D eigenvalue weighted by molar-refractivity contribution is 0.332. The molecule has 0 saturated heterocycles. The minimum absolute atomic E-state index is 0.146. The third kappa shape index (κ3) is 4.34. The topological polar surface area (TPSA) is 23.0 Å². The van der Waals surface area contributed by atoms with Gasteiger partial charge in [-0.25, -0.2) is 0 Å². The number of fused-ring (bicyclic) bond motifs is 10. The molecule has 1 aliphatic rings. The lowest BCUT2D eigenvalue weighted by atomic mass is 9.63. The van der Waals surface area contributed by atoms with Gasteiger partial charge in [-0.2, -0.15) is 0 Å². The van der Waals surface area contributed by atoms with Gasteiger partial charge in [-0.05, 0) is 113 Å². The third-order valence-corrected chi connectivity index (χ3v) is 12.4. The van der Waals surface area contributed by atoms with Crippen molar-refractivity contribution < 1.29 is 4.42 Å². The average molecular weight is 685 g/mol. The summed E-state index contributed by atoms with van der Waals surface area (Å²) in [6.07, 6.45) is 2.42. The van der Waals surface area contributed by atoms with Crippen LogP contribution in [0.15, 0.2) is 150 Å². The molecule has 3 heteroatoms. The summed E-state index contributed by atoms with van der Waals surface area (Å²) in [5.41, 5.74) is 14.8. The molecule has 0 atom stereocenters. The van der Waals surface area contributed by atoms with Gasteiger partial charge in [-0.1, -0.05) is 107 Å². The van der Waals surface area contributed by atoms with Crippen molar-refractivity contribution in [2.45, 2.75) is 51.4 Å². The SMILES string of the molecule is CC1(C)CCC(C)(C)c2cc(-n3c4ccccc4c4cc(-c5ccc6c(c5)c5ccccc5n6-c5cccc6oc7ccccc7c56)ccc43)ccc21. The van der Waals surface area contributed by atoms with Gasteiger partial charge >= 0.3 is 0 Å². The van der Waals surface area contributed by atoms with E-state index in [-0.39, 0.29) is 10.8 Å². The molecular formula is C50H40N2O. The fourth-order valence-electron chi connectivity index (χ4n) is 9.50. The molecule has 0 amide bonds. The van der Waals surface area contributed by atoms with E-state index in [4.69, 9.17) is 4.42 Å². The maximum absolute atomic E-state index is 6.31. The van der Waals surface area contributed by atoms with Gasteiger partial charge in [0.15, 0.2) is 0 Å². The Morgan fingerprint density at radius 1 is 0.434 bits per heavy atom. The number of furan rings is 1. The smallest absolute Gasteiger partial charge is 0.137 e. The summed E-state index contributed by atoms with van der Waals surface area (Å²) in [6.45, 7) is 9.63. The molecule has 1 aliphatic carbocycles. The van der Waals surface area contributed by atoms with Crippen LogP contribution in [0.25, 0.3) is 88.1 Å². The van der Waals surface area contributed by atoms with Crippen LogP contribution in [0.5, 0.6) is 0 Å². The third-order valence-electron chi connectivity index (χ3n) is 12.4. The van der Waals surface area contributed by atoms with Crippen LogP contribution in [-0.2, 0) is 10.8 Å². The average Bonchev–Trinajstić information content (AvgIpc) is 3.84. The molecule has 256 valence electrons. The van der Waals surface area contributed by atoms with Gasteiger partial charge < -0.3 is 13.6 Å². The maximum Gasteiger partial charge on any atom is 0.137 e. The largest absolute Gasteiger partial charge is 0.456 e. The second-order valence-corrected chi connectivity index (χ2v) is 16.4. The fourth-order valence-corrected chi connectivity index (χ4v) is 9.50. The zero-order valence-electron chi connectivity index (χ0n) is 30.6. The first-order valence-corrected chi connectivity index (χ1v) is 18.9. The van der Waals surface area contributed by atoms with Gasteiger partial charge in [-0.3, -0.25) is 0 Å². The molecule has 53 heavy (non-hydrogen) atoms. The molecule has 3 aromatic heterocycles. The van der Waals surface area contributed by atoms with Gasteiger partial charge in [0, 0.05) is 32.6 Å². The van der Waals surface area contributed by atoms with Crippen molar-refractivity contribution in [3.63, 3.8) is 0 Å². The molecule has 0 saturated carbocycles. The van der Waals surface area contributed by atoms with E-state index in [2.05, 4.69) is 176 Å². The summed E-state index contributed by atoms with van der Waals surface area (Å²) >= 11 is 0. The summed E-state index contributed by atoms with van der Waals surface area (Å²) in [6, 6.07) is 53.7. The number of rotatable bonds is 3. The van der Waals surface area contributed by atoms with Crippen molar-refractivity contribution in [1.29, 1.82) is 0 Å². The fraction of sp³-hybridized carbons (Fsp3) is 0.160. The molecular weight excluding hydrogens is 645 g/mol. The van der Waals surface area contributed by atoms with Crippen molar-refractivity contribution in [3.8, 4) is 22.5 Å². The van der Waals surface area contributed by atoms with Crippen LogP contribution in [0.1, 0.15) is 51.7 Å². The Balaban J connectivity index is 1.10.